The molecule has 1 saturated heterocycles. The summed E-state index contributed by atoms with van der Waals surface area (Å²) in [6.07, 6.45) is 6.32. The minimum Gasteiger partial charge on any atom is -0.469 e. The van der Waals surface area contributed by atoms with E-state index >= 15 is 0 Å². The maximum Gasteiger partial charge on any atom is 0.313 e. The van der Waals surface area contributed by atoms with Gasteiger partial charge in [-0.3, -0.25) is 14.4 Å². The number of piperidine rings is 1. The summed E-state index contributed by atoms with van der Waals surface area (Å²) in [5, 5.41) is 0.946. The molecule has 7 nitrogen and oxygen atoms in total. The van der Waals surface area contributed by atoms with Gasteiger partial charge in [0.2, 0.25) is 0 Å². The van der Waals surface area contributed by atoms with E-state index in [1.807, 2.05) is 24.3 Å². The highest BCUT2D eigenvalue weighted by atomic mass is 32.1. The summed E-state index contributed by atoms with van der Waals surface area (Å²) in [6.45, 7) is 0.712. The number of ether oxygens (including phenoxy) is 2. The SMILES string of the molecule is COC(=O)C1CCN(C(=O)COC(=O)C2(Cc3nc4ccccc4s3)CCCCC2)CC1. The number of nitrogens with zero attached hydrogens (tertiary/aromatic N) is 2. The Hall–Kier alpha value is -2.48. The highest BCUT2D eigenvalue weighted by molar-refractivity contribution is 7.18. The maximum absolute atomic E-state index is 13.2. The van der Waals surface area contributed by atoms with Gasteiger partial charge in [0.05, 0.1) is 33.7 Å². The van der Waals surface area contributed by atoms with Gasteiger partial charge in [0.25, 0.3) is 5.91 Å². The number of para-hydroxylation sites is 1. The summed E-state index contributed by atoms with van der Waals surface area (Å²) in [5.74, 6) is -0.870. The second kappa shape index (κ2) is 9.98. The van der Waals surface area contributed by atoms with Crippen molar-refractivity contribution in [2.45, 2.75) is 51.4 Å². The van der Waals surface area contributed by atoms with Crippen LogP contribution >= 0.6 is 11.3 Å². The summed E-state index contributed by atoms with van der Waals surface area (Å²) in [7, 11) is 1.38. The van der Waals surface area contributed by atoms with Crippen LogP contribution in [0, 0.1) is 11.3 Å². The van der Waals surface area contributed by atoms with Crippen LogP contribution in [0.3, 0.4) is 0 Å². The number of likely N-dealkylation sites (tertiary alicyclic amines) is 1. The molecule has 172 valence electrons. The van der Waals surface area contributed by atoms with Crippen LogP contribution in [0.4, 0.5) is 0 Å². The summed E-state index contributed by atoms with van der Waals surface area (Å²) in [6, 6.07) is 8.00. The zero-order valence-electron chi connectivity index (χ0n) is 18.5. The van der Waals surface area contributed by atoms with E-state index in [0.29, 0.717) is 32.4 Å². The largest absolute Gasteiger partial charge is 0.469 e. The Labute approximate surface area is 192 Å². The number of hydrogen-bond donors (Lipinski definition) is 0. The molecule has 1 aliphatic carbocycles. The molecule has 0 unspecified atom stereocenters. The molecule has 1 aromatic heterocycles. The lowest BCUT2D eigenvalue weighted by atomic mass is 9.72. The molecule has 0 N–H and O–H groups in total. The van der Waals surface area contributed by atoms with Crippen LogP contribution in [0.15, 0.2) is 24.3 Å². The van der Waals surface area contributed by atoms with Gasteiger partial charge in [-0.15, -0.1) is 11.3 Å². The van der Waals surface area contributed by atoms with Crippen LogP contribution in [-0.2, 0) is 30.3 Å². The second-order valence-corrected chi connectivity index (χ2v) is 9.96. The number of rotatable bonds is 6. The van der Waals surface area contributed by atoms with Crippen molar-refractivity contribution in [2.24, 2.45) is 11.3 Å². The number of carbonyl (C=O) groups excluding carboxylic acids is 3. The van der Waals surface area contributed by atoms with Crippen molar-refractivity contribution in [1.29, 1.82) is 0 Å². The molecule has 4 rings (SSSR count). The number of carbonyl (C=O) groups is 3. The molecule has 1 aliphatic heterocycles. The molecule has 8 heteroatoms. The molecule has 1 amide bonds. The Kier molecular flexibility index (Phi) is 7.08. The Morgan fingerprint density at radius 1 is 1.12 bits per heavy atom. The summed E-state index contributed by atoms with van der Waals surface area (Å²) >= 11 is 1.63. The highest BCUT2D eigenvalue weighted by Gasteiger charge is 2.42. The van der Waals surface area contributed by atoms with Gasteiger partial charge in [-0.2, -0.15) is 0 Å². The van der Waals surface area contributed by atoms with Crippen LogP contribution in [0.1, 0.15) is 50.0 Å². The Balaban J connectivity index is 1.37. The van der Waals surface area contributed by atoms with Gasteiger partial charge >= 0.3 is 11.9 Å². The number of fused-ring (bicyclic) bond motifs is 1. The van der Waals surface area contributed by atoms with E-state index in [-0.39, 0.29) is 30.4 Å². The van der Waals surface area contributed by atoms with E-state index in [0.717, 1.165) is 47.3 Å². The minimum absolute atomic E-state index is 0.161. The van der Waals surface area contributed by atoms with Crippen molar-refractivity contribution in [3.05, 3.63) is 29.3 Å². The zero-order valence-corrected chi connectivity index (χ0v) is 19.3. The van der Waals surface area contributed by atoms with Crippen LogP contribution < -0.4 is 0 Å². The van der Waals surface area contributed by atoms with Crippen LogP contribution in [-0.4, -0.2) is 54.5 Å². The molecule has 32 heavy (non-hydrogen) atoms. The molecular formula is C24H30N2O5S. The quantitative estimate of drug-likeness (QED) is 0.613. The van der Waals surface area contributed by atoms with Crippen LogP contribution in [0.5, 0.6) is 0 Å². The lowest BCUT2D eigenvalue weighted by molar-refractivity contribution is -0.163. The fourth-order valence-electron chi connectivity index (χ4n) is 4.87. The van der Waals surface area contributed by atoms with Crippen molar-refractivity contribution < 1.29 is 23.9 Å². The first-order valence-electron chi connectivity index (χ1n) is 11.4. The minimum atomic E-state index is -0.607. The molecule has 0 atom stereocenters. The fraction of sp³-hybridized carbons (Fsp3) is 0.583. The van der Waals surface area contributed by atoms with E-state index in [2.05, 4.69) is 0 Å². The van der Waals surface area contributed by atoms with Gasteiger partial charge in [0, 0.05) is 19.5 Å². The maximum atomic E-state index is 13.2. The second-order valence-electron chi connectivity index (χ2n) is 8.85. The predicted molar refractivity (Wildman–Crippen MR) is 121 cm³/mol. The Bertz CT molecular complexity index is 941. The topological polar surface area (TPSA) is 85.8 Å². The first-order valence-corrected chi connectivity index (χ1v) is 12.2. The molecular weight excluding hydrogens is 428 g/mol. The molecule has 1 aromatic carbocycles. The first-order chi connectivity index (χ1) is 15.5. The third-order valence-corrected chi connectivity index (χ3v) is 7.82. The normalized spacial score (nSPS) is 19.0. The van der Waals surface area contributed by atoms with E-state index in [9.17, 15) is 14.4 Å². The van der Waals surface area contributed by atoms with Crippen molar-refractivity contribution >= 4 is 39.4 Å². The number of benzene rings is 1. The standard InChI is InChI=1S/C24H30N2O5S/c1-30-22(28)17-9-13-26(14-10-17)21(27)16-31-23(29)24(11-5-2-6-12-24)15-20-25-18-7-3-4-8-19(18)32-20/h3-4,7-8,17H,2,5-6,9-16H2,1H3. The van der Waals surface area contributed by atoms with Crippen molar-refractivity contribution in [1.82, 2.24) is 9.88 Å². The van der Waals surface area contributed by atoms with Crippen LogP contribution in [0.2, 0.25) is 0 Å². The first kappa shape index (κ1) is 22.7. The van der Waals surface area contributed by atoms with Crippen molar-refractivity contribution in [3.63, 3.8) is 0 Å². The van der Waals surface area contributed by atoms with Gasteiger partial charge in [-0.05, 0) is 37.8 Å². The summed E-state index contributed by atoms with van der Waals surface area (Å²) in [4.78, 5) is 43.9. The fourth-order valence-corrected chi connectivity index (χ4v) is 5.98. The molecule has 2 fully saturated rings. The predicted octanol–water partition coefficient (Wildman–Crippen LogP) is 3.74. The van der Waals surface area contributed by atoms with Gasteiger partial charge in [0.15, 0.2) is 6.61 Å². The van der Waals surface area contributed by atoms with Gasteiger partial charge in [-0.1, -0.05) is 31.4 Å². The number of thiazole rings is 1. The van der Waals surface area contributed by atoms with Crippen molar-refractivity contribution in [2.75, 3.05) is 26.8 Å². The molecule has 1 saturated carbocycles. The van der Waals surface area contributed by atoms with Gasteiger partial charge in [0.1, 0.15) is 0 Å². The molecule has 0 spiro atoms. The summed E-state index contributed by atoms with van der Waals surface area (Å²) in [5.41, 5.74) is 0.349. The summed E-state index contributed by atoms with van der Waals surface area (Å²) < 4.78 is 11.5. The number of hydrogen-bond acceptors (Lipinski definition) is 7. The molecule has 2 aromatic rings. The number of esters is 2. The number of aromatic nitrogens is 1. The number of amides is 1. The third kappa shape index (κ3) is 4.95. The van der Waals surface area contributed by atoms with E-state index in [1.165, 1.54) is 7.11 Å². The Morgan fingerprint density at radius 2 is 1.84 bits per heavy atom. The smallest absolute Gasteiger partial charge is 0.313 e. The molecule has 2 aliphatic rings. The Morgan fingerprint density at radius 3 is 2.53 bits per heavy atom. The monoisotopic (exact) mass is 458 g/mol. The zero-order chi connectivity index (χ0) is 22.6. The average molecular weight is 459 g/mol. The van der Waals surface area contributed by atoms with E-state index in [4.69, 9.17) is 14.5 Å². The van der Waals surface area contributed by atoms with Crippen LogP contribution in [0.25, 0.3) is 10.2 Å². The number of methoxy groups -OCH3 is 1. The van der Waals surface area contributed by atoms with Crippen molar-refractivity contribution in [3.8, 4) is 0 Å². The third-order valence-electron chi connectivity index (χ3n) is 6.78. The van der Waals surface area contributed by atoms with E-state index in [1.54, 1.807) is 16.2 Å². The average Bonchev–Trinajstić information content (AvgIpc) is 3.24. The van der Waals surface area contributed by atoms with E-state index < -0.39 is 5.41 Å². The lowest BCUT2D eigenvalue weighted by Crippen LogP contribution is -2.44. The van der Waals surface area contributed by atoms with Gasteiger partial charge in [-0.25, -0.2) is 4.98 Å². The molecule has 2 heterocycles. The lowest BCUT2D eigenvalue weighted by Gasteiger charge is -2.35. The molecule has 0 radical (unpaired) electrons. The molecule has 0 bridgehead atoms. The highest BCUT2D eigenvalue weighted by Crippen LogP contribution is 2.41. The van der Waals surface area contributed by atoms with Gasteiger partial charge < -0.3 is 14.4 Å².